The van der Waals surface area contributed by atoms with E-state index in [1.54, 1.807) is 4.90 Å². The van der Waals surface area contributed by atoms with Gasteiger partial charge in [-0.1, -0.05) is 15.9 Å². The largest absolute Gasteiger partial charge is 0.342 e. The van der Waals surface area contributed by atoms with E-state index in [1.165, 1.54) is 0 Å². The lowest BCUT2D eigenvalue weighted by Gasteiger charge is -2.17. The molecule has 1 N–H and O–H groups in total. The predicted octanol–water partition coefficient (Wildman–Crippen LogP) is 2.44. The molecule has 3 nitrogen and oxygen atoms in total. The number of benzene rings is 1. The molecule has 17 heavy (non-hydrogen) atoms. The van der Waals surface area contributed by atoms with E-state index in [-0.39, 0.29) is 5.91 Å². The Hall–Kier alpha value is -0.870. The number of halogens is 1. The molecule has 0 atom stereocenters. The second-order valence-corrected chi connectivity index (χ2v) is 5.00. The first-order chi connectivity index (χ1) is 8.06. The predicted molar refractivity (Wildman–Crippen MR) is 74.4 cm³/mol. The van der Waals surface area contributed by atoms with Crippen LogP contribution in [0.2, 0.25) is 0 Å². The first-order valence-electron chi connectivity index (χ1n) is 5.72. The maximum atomic E-state index is 12.1. The molecule has 0 heterocycles. The summed E-state index contributed by atoms with van der Waals surface area (Å²) in [6, 6.07) is 5.69. The summed E-state index contributed by atoms with van der Waals surface area (Å²) in [4.78, 5) is 13.9. The molecule has 1 aromatic carbocycles. The van der Waals surface area contributed by atoms with E-state index in [4.69, 9.17) is 0 Å². The molecule has 0 radical (unpaired) electrons. The van der Waals surface area contributed by atoms with E-state index < -0.39 is 0 Å². The molecule has 0 unspecified atom stereocenters. The fraction of sp³-hybridized carbons (Fsp3) is 0.462. The Bertz CT molecular complexity index is 393. The Kier molecular flexibility index (Phi) is 5.65. The Morgan fingerprint density at radius 1 is 1.47 bits per heavy atom. The number of hydrogen-bond acceptors (Lipinski definition) is 2. The summed E-state index contributed by atoms with van der Waals surface area (Å²) >= 11 is 3.43. The van der Waals surface area contributed by atoms with Gasteiger partial charge in [0.05, 0.1) is 0 Å². The molecule has 4 heteroatoms. The molecule has 0 bridgehead atoms. The monoisotopic (exact) mass is 298 g/mol. The zero-order chi connectivity index (χ0) is 12.8. The molecule has 0 aliphatic rings. The van der Waals surface area contributed by atoms with Crippen LogP contribution < -0.4 is 5.32 Å². The third kappa shape index (κ3) is 4.13. The zero-order valence-corrected chi connectivity index (χ0v) is 12.2. The smallest absolute Gasteiger partial charge is 0.253 e. The number of aryl methyl sites for hydroxylation is 1. The SMILES string of the molecule is CNCCCN(C)C(=O)c1ccc(Br)c(C)c1. The maximum Gasteiger partial charge on any atom is 0.253 e. The van der Waals surface area contributed by atoms with Crippen molar-refractivity contribution < 1.29 is 4.79 Å². The number of nitrogens with zero attached hydrogens (tertiary/aromatic N) is 1. The molecule has 0 spiro atoms. The van der Waals surface area contributed by atoms with Crippen LogP contribution in [0.3, 0.4) is 0 Å². The fourth-order valence-corrected chi connectivity index (χ4v) is 1.84. The summed E-state index contributed by atoms with van der Waals surface area (Å²) in [5.74, 6) is 0.0803. The number of hydrogen-bond donors (Lipinski definition) is 1. The molecule has 0 aliphatic carbocycles. The van der Waals surface area contributed by atoms with Crippen LogP contribution in [0.1, 0.15) is 22.3 Å². The zero-order valence-electron chi connectivity index (χ0n) is 10.6. The highest BCUT2D eigenvalue weighted by Crippen LogP contribution is 2.17. The minimum Gasteiger partial charge on any atom is -0.342 e. The van der Waals surface area contributed by atoms with Gasteiger partial charge in [0.1, 0.15) is 0 Å². The van der Waals surface area contributed by atoms with Gasteiger partial charge in [-0.05, 0) is 50.7 Å². The summed E-state index contributed by atoms with van der Waals surface area (Å²) in [6.07, 6.45) is 0.967. The standard InChI is InChI=1S/C13H19BrN2O/c1-10-9-11(5-6-12(10)14)13(17)16(3)8-4-7-15-2/h5-6,9,15H,4,7-8H2,1-3H3. The van der Waals surface area contributed by atoms with Crippen LogP contribution in [0.5, 0.6) is 0 Å². The molecule has 0 fully saturated rings. The van der Waals surface area contributed by atoms with Gasteiger partial charge in [-0.15, -0.1) is 0 Å². The Balaban J connectivity index is 2.65. The normalized spacial score (nSPS) is 10.4. The summed E-state index contributed by atoms with van der Waals surface area (Å²) in [5, 5.41) is 3.07. The Labute approximate surface area is 111 Å². The molecular weight excluding hydrogens is 280 g/mol. The van der Waals surface area contributed by atoms with Gasteiger partial charge in [0.25, 0.3) is 5.91 Å². The average molecular weight is 299 g/mol. The van der Waals surface area contributed by atoms with Crippen molar-refractivity contribution in [2.45, 2.75) is 13.3 Å². The molecule has 1 amide bonds. The number of rotatable bonds is 5. The molecule has 0 aliphatic heterocycles. The summed E-state index contributed by atoms with van der Waals surface area (Å²) in [6.45, 7) is 3.69. The summed E-state index contributed by atoms with van der Waals surface area (Å²) < 4.78 is 1.03. The van der Waals surface area contributed by atoms with Crippen LogP contribution in [0.25, 0.3) is 0 Å². The van der Waals surface area contributed by atoms with Crippen molar-refractivity contribution in [3.8, 4) is 0 Å². The van der Waals surface area contributed by atoms with E-state index in [0.29, 0.717) is 0 Å². The van der Waals surface area contributed by atoms with Gasteiger partial charge in [0, 0.05) is 23.6 Å². The van der Waals surface area contributed by atoms with Crippen LogP contribution >= 0.6 is 15.9 Å². The minimum absolute atomic E-state index is 0.0803. The van der Waals surface area contributed by atoms with E-state index in [0.717, 1.165) is 35.1 Å². The molecule has 94 valence electrons. The summed E-state index contributed by atoms with van der Waals surface area (Å²) in [5.41, 5.74) is 1.83. The van der Waals surface area contributed by atoms with Crippen LogP contribution in [0.4, 0.5) is 0 Å². The van der Waals surface area contributed by atoms with Gasteiger partial charge in [0.15, 0.2) is 0 Å². The molecule has 1 aromatic rings. The Morgan fingerprint density at radius 3 is 2.76 bits per heavy atom. The van der Waals surface area contributed by atoms with Gasteiger partial charge in [-0.2, -0.15) is 0 Å². The van der Waals surface area contributed by atoms with E-state index >= 15 is 0 Å². The highest BCUT2D eigenvalue weighted by atomic mass is 79.9. The number of carbonyl (C=O) groups is 1. The van der Waals surface area contributed by atoms with Crippen molar-refractivity contribution in [2.24, 2.45) is 0 Å². The average Bonchev–Trinajstić information content (AvgIpc) is 2.32. The lowest BCUT2D eigenvalue weighted by molar-refractivity contribution is 0.0793. The minimum atomic E-state index is 0.0803. The van der Waals surface area contributed by atoms with Crippen molar-refractivity contribution in [1.29, 1.82) is 0 Å². The lowest BCUT2D eigenvalue weighted by Crippen LogP contribution is -2.29. The van der Waals surface area contributed by atoms with Gasteiger partial charge in [-0.25, -0.2) is 0 Å². The fourth-order valence-electron chi connectivity index (χ4n) is 1.59. The first-order valence-corrected chi connectivity index (χ1v) is 6.51. The topological polar surface area (TPSA) is 32.3 Å². The van der Waals surface area contributed by atoms with Gasteiger partial charge < -0.3 is 10.2 Å². The number of amides is 1. The number of nitrogens with one attached hydrogen (secondary N) is 1. The molecule has 1 rings (SSSR count). The second kappa shape index (κ2) is 6.77. The molecule has 0 saturated heterocycles. The second-order valence-electron chi connectivity index (χ2n) is 4.15. The van der Waals surface area contributed by atoms with Crippen LogP contribution in [0.15, 0.2) is 22.7 Å². The van der Waals surface area contributed by atoms with E-state index in [2.05, 4.69) is 21.2 Å². The highest BCUT2D eigenvalue weighted by molar-refractivity contribution is 9.10. The summed E-state index contributed by atoms with van der Waals surface area (Å²) in [7, 11) is 3.76. The van der Waals surface area contributed by atoms with Crippen molar-refractivity contribution in [3.63, 3.8) is 0 Å². The lowest BCUT2D eigenvalue weighted by atomic mass is 10.1. The highest BCUT2D eigenvalue weighted by Gasteiger charge is 2.11. The van der Waals surface area contributed by atoms with Crippen molar-refractivity contribution in [1.82, 2.24) is 10.2 Å². The van der Waals surface area contributed by atoms with Crippen LogP contribution in [-0.4, -0.2) is 38.0 Å². The quantitative estimate of drug-likeness (QED) is 0.847. The van der Waals surface area contributed by atoms with Crippen LogP contribution in [0, 0.1) is 6.92 Å². The van der Waals surface area contributed by atoms with Crippen molar-refractivity contribution in [2.75, 3.05) is 27.2 Å². The molecule has 0 aromatic heterocycles. The third-order valence-corrected chi connectivity index (χ3v) is 3.56. The van der Waals surface area contributed by atoms with E-state index in [1.807, 2.05) is 39.2 Å². The van der Waals surface area contributed by atoms with Crippen molar-refractivity contribution >= 4 is 21.8 Å². The Morgan fingerprint density at radius 2 is 2.18 bits per heavy atom. The molecular formula is C13H19BrN2O. The maximum absolute atomic E-state index is 12.1. The first kappa shape index (κ1) is 14.2. The van der Waals surface area contributed by atoms with Gasteiger partial charge in [-0.3, -0.25) is 4.79 Å². The van der Waals surface area contributed by atoms with Gasteiger partial charge in [0.2, 0.25) is 0 Å². The molecule has 0 saturated carbocycles. The van der Waals surface area contributed by atoms with E-state index in [9.17, 15) is 4.79 Å². The third-order valence-electron chi connectivity index (χ3n) is 2.67. The van der Waals surface area contributed by atoms with Gasteiger partial charge >= 0.3 is 0 Å². The van der Waals surface area contributed by atoms with Crippen LogP contribution in [-0.2, 0) is 0 Å². The number of carbonyl (C=O) groups excluding carboxylic acids is 1. The van der Waals surface area contributed by atoms with Crippen molar-refractivity contribution in [3.05, 3.63) is 33.8 Å².